The van der Waals surface area contributed by atoms with Gasteiger partial charge in [0.2, 0.25) is 0 Å². The molecule has 3 heteroatoms. The first-order valence-corrected chi connectivity index (χ1v) is 7.81. The lowest BCUT2D eigenvalue weighted by Crippen LogP contribution is -2.26. The van der Waals surface area contributed by atoms with Crippen LogP contribution in [0, 0.1) is 6.92 Å². The van der Waals surface area contributed by atoms with Crippen molar-refractivity contribution in [2.45, 2.75) is 33.2 Å². The molecule has 1 N–H and O–H groups in total. The van der Waals surface area contributed by atoms with Crippen LogP contribution in [0.25, 0.3) is 0 Å². The van der Waals surface area contributed by atoms with Crippen molar-refractivity contribution in [2.24, 2.45) is 0 Å². The molecule has 1 aromatic carbocycles. The van der Waals surface area contributed by atoms with E-state index in [1.165, 1.54) is 35.3 Å². The van der Waals surface area contributed by atoms with E-state index in [0.29, 0.717) is 0 Å². The van der Waals surface area contributed by atoms with Crippen molar-refractivity contribution in [3.63, 3.8) is 0 Å². The second-order valence-corrected chi connectivity index (χ2v) is 5.62. The summed E-state index contributed by atoms with van der Waals surface area (Å²) < 4.78 is 0. The fourth-order valence-corrected chi connectivity index (χ4v) is 3.00. The Morgan fingerprint density at radius 1 is 1.24 bits per heavy atom. The number of aromatic nitrogens is 1. The average molecular weight is 281 g/mol. The Labute approximate surface area is 127 Å². The van der Waals surface area contributed by atoms with Gasteiger partial charge in [-0.25, -0.2) is 0 Å². The predicted octanol–water partition coefficient (Wildman–Crippen LogP) is 3.58. The van der Waals surface area contributed by atoms with Gasteiger partial charge in [-0.3, -0.25) is 4.98 Å². The number of para-hydroxylation sites is 1. The summed E-state index contributed by atoms with van der Waals surface area (Å²) in [6, 6.07) is 11.0. The molecule has 0 unspecified atom stereocenters. The first-order valence-electron chi connectivity index (χ1n) is 7.81. The standard InChI is InChI=1S/C18H23N3/c1-3-19-12-16-13-20-14(2)11-18(16)21-10-6-8-15-7-4-5-9-17(15)21/h4-5,7,9,11,13,19H,3,6,8,10,12H2,1-2H3. The molecule has 0 aliphatic carbocycles. The summed E-state index contributed by atoms with van der Waals surface area (Å²) in [6.07, 6.45) is 4.41. The Balaban J connectivity index is 2.02. The van der Waals surface area contributed by atoms with Crippen molar-refractivity contribution in [1.82, 2.24) is 10.3 Å². The highest BCUT2D eigenvalue weighted by molar-refractivity contribution is 5.70. The molecule has 1 aromatic heterocycles. The van der Waals surface area contributed by atoms with Crippen molar-refractivity contribution < 1.29 is 0 Å². The van der Waals surface area contributed by atoms with Crippen LogP contribution in [0.3, 0.4) is 0 Å². The van der Waals surface area contributed by atoms with Gasteiger partial charge in [0, 0.05) is 41.9 Å². The van der Waals surface area contributed by atoms with Crippen molar-refractivity contribution in [3.05, 3.63) is 53.3 Å². The lowest BCUT2D eigenvalue weighted by atomic mass is 10.00. The minimum atomic E-state index is 0.873. The summed E-state index contributed by atoms with van der Waals surface area (Å²) in [5.74, 6) is 0. The van der Waals surface area contributed by atoms with Crippen molar-refractivity contribution in [2.75, 3.05) is 18.0 Å². The lowest BCUT2D eigenvalue weighted by molar-refractivity contribution is 0.714. The van der Waals surface area contributed by atoms with Gasteiger partial charge in [0.1, 0.15) is 0 Å². The number of hydrogen-bond acceptors (Lipinski definition) is 3. The van der Waals surface area contributed by atoms with Crippen LogP contribution in [0.4, 0.5) is 11.4 Å². The molecule has 3 rings (SSSR count). The normalized spacial score (nSPS) is 14.1. The van der Waals surface area contributed by atoms with Gasteiger partial charge in [0.05, 0.1) is 0 Å². The van der Waals surface area contributed by atoms with Crippen LogP contribution >= 0.6 is 0 Å². The molecule has 0 atom stereocenters. The van der Waals surface area contributed by atoms with Gasteiger partial charge in [-0.15, -0.1) is 0 Å². The number of nitrogens with zero attached hydrogens (tertiary/aromatic N) is 2. The molecule has 0 saturated carbocycles. The minimum Gasteiger partial charge on any atom is -0.341 e. The van der Waals surface area contributed by atoms with E-state index in [2.05, 4.69) is 59.4 Å². The summed E-state index contributed by atoms with van der Waals surface area (Å²) in [7, 11) is 0. The first kappa shape index (κ1) is 14.1. The number of nitrogens with one attached hydrogen (secondary N) is 1. The van der Waals surface area contributed by atoms with Crippen LogP contribution in [0.1, 0.15) is 30.2 Å². The highest BCUT2D eigenvalue weighted by Crippen LogP contribution is 2.35. The topological polar surface area (TPSA) is 28.2 Å². The Morgan fingerprint density at radius 3 is 2.95 bits per heavy atom. The number of pyridine rings is 1. The summed E-state index contributed by atoms with van der Waals surface area (Å²) in [4.78, 5) is 6.94. The number of benzene rings is 1. The van der Waals surface area contributed by atoms with Crippen LogP contribution in [0.2, 0.25) is 0 Å². The fraction of sp³-hybridized carbons (Fsp3) is 0.389. The zero-order chi connectivity index (χ0) is 14.7. The molecule has 110 valence electrons. The van der Waals surface area contributed by atoms with Crippen LogP contribution in [-0.4, -0.2) is 18.1 Å². The zero-order valence-corrected chi connectivity index (χ0v) is 12.9. The second kappa shape index (κ2) is 6.27. The molecule has 0 amide bonds. The Hall–Kier alpha value is -1.87. The minimum absolute atomic E-state index is 0.873. The quantitative estimate of drug-likeness (QED) is 0.928. The van der Waals surface area contributed by atoms with Gasteiger partial charge in [-0.05, 0) is 44.0 Å². The van der Waals surface area contributed by atoms with Gasteiger partial charge in [-0.2, -0.15) is 0 Å². The van der Waals surface area contributed by atoms with Gasteiger partial charge in [-0.1, -0.05) is 25.1 Å². The van der Waals surface area contributed by atoms with E-state index in [0.717, 1.165) is 25.3 Å². The molecule has 0 fully saturated rings. The summed E-state index contributed by atoms with van der Waals surface area (Å²) in [5, 5.41) is 3.42. The summed E-state index contributed by atoms with van der Waals surface area (Å²) >= 11 is 0. The van der Waals surface area contributed by atoms with E-state index in [1.807, 2.05) is 6.20 Å². The molecule has 0 spiro atoms. The van der Waals surface area contributed by atoms with E-state index in [1.54, 1.807) is 0 Å². The number of hydrogen-bond donors (Lipinski definition) is 1. The van der Waals surface area contributed by atoms with E-state index in [4.69, 9.17) is 0 Å². The van der Waals surface area contributed by atoms with Crippen molar-refractivity contribution in [1.29, 1.82) is 0 Å². The second-order valence-electron chi connectivity index (χ2n) is 5.62. The monoisotopic (exact) mass is 281 g/mol. The zero-order valence-electron chi connectivity index (χ0n) is 12.9. The molecule has 2 aromatic rings. The van der Waals surface area contributed by atoms with Gasteiger partial charge >= 0.3 is 0 Å². The van der Waals surface area contributed by atoms with Gasteiger partial charge in [0.15, 0.2) is 0 Å². The fourth-order valence-electron chi connectivity index (χ4n) is 3.00. The Morgan fingerprint density at radius 2 is 2.10 bits per heavy atom. The summed E-state index contributed by atoms with van der Waals surface area (Å²) in [5.41, 5.74) is 6.46. The maximum atomic E-state index is 4.48. The molecule has 0 bridgehead atoms. The molecule has 1 aliphatic rings. The van der Waals surface area contributed by atoms with Crippen LogP contribution in [0.15, 0.2) is 36.5 Å². The first-order chi connectivity index (χ1) is 10.3. The third-order valence-electron chi connectivity index (χ3n) is 4.07. The molecule has 21 heavy (non-hydrogen) atoms. The summed E-state index contributed by atoms with van der Waals surface area (Å²) in [6.45, 7) is 7.13. The SMILES string of the molecule is CCNCc1cnc(C)cc1N1CCCc2ccccc21. The third kappa shape index (κ3) is 2.93. The largest absolute Gasteiger partial charge is 0.341 e. The van der Waals surface area contributed by atoms with Crippen molar-refractivity contribution >= 4 is 11.4 Å². The maximum absolute atomic E-state index is 4.48. The predicted molar refractivity (Wildman–Crippen MR) is 88.1 cm³/mol. The molecular formula is C18H23N3. The van der Waals surface area contributed by atoms with Crippen LogP contribution < -0.4 is 10.2 Å². The molecule has 2 heterocycles. The molecule has 1 aliphatic heterocycles. The Kier molecular flexibility index (Phi) is 4.20. The smallest absolute Gasteiger partial charge is 0.0490 e. The number of rotatable bonds is 4. The van der Waals surface area contributed by atoms with E-state index >= 15 is 0 Å². The van der Waals surface area contributed by atoms with Crippen LogP contribution in [0.5, 0.6) is 0 Å². The molecule has 0 saturated heterocycles. The van der Waals surface area contributed by atoms with Crippen molar-refractivity contribution in [3.8, 4) is 0 Å². The third-order valence-corrected chi connectivity index (χ3v) is 4.07. The van der Waals surface area contributed by atoms with Gasteiger partial charge < -0.3 is 10.2 Å². The average Bonchev–Trinajstić information content (AvgIpc) is 2.53. The highest BCUT2D eigenvalue weighted by atomic mass is 15.1. The maximum Gasteiger partial charge on any atom is 0.0490 e. The molecule has 3 nitrogen and oxygen atoms in total. The van der Waals surface area contributed by atoms with Gasteiger partial charge in [0.25, 0.3) is 0 Å². The number of anilines is 2. The number of aryl methyl sites for hydroxylation is 2. The number of fused-ring (bicyclic) bond motifs is 1. The highest BCUT2D eigenvalue weighted by Gasteiger charge is 2.20. The Bertz CT molecular complexity index is 622. The lowest BCUT2D eigenvalue weighted by Gasteiger charge is -2.33. The van der Waals surface area contributed by atoms with E-state index in [9.17, 15) is 0 Å². The van der Waals surface area contributed by atoms with E-state index < -0.39 is 0 Å². The van der Waals surface area contributed by atoms with Crippen LogP contribution in [-0.2, 0) is 13.0 Å². The molecule has 0 radical (unpaired) electrons. The molecular weight excluding hydrogens is 258 g/mol. The van der Waals surface area contributed by atoms with E-state index in [-0.39, 0.29) is 0 Å².